The number of carbonyl (C=O) groups is 1. The Morgan fingerprint density at radius 1 is 1.28 bits per heavy atom. The molecule has 2 unspecified atom stereocenters. The zero-order valence-electron chi connectivity index (χ0n) is 15.9. The standard InChI is InChI=1S/C21H18F5NO2/c1-9-8-20(2,3)27-14-7-13-16(17(23)15(9)14)11-5-4-10(22)6-12(11)18(13)29-19(28)21(24,25)26/h4-6,8,16-17,27H,7H2,1-3H3. The monoisotopic (exact) mass is 411 g/mol. The second kappa shape index (κ2) is 6.18. The van der Waals surface area contributed by atoms with E-state index in [0.29, 0.717) is 16.8 Å². The molecule has 29 heavy (non-hydrogen) atoms. The highest BCUT2D eigenvalue weighted by Crippen LogP contribution is 2.54. The van der Waals surface area contributed by atoms with E-state index in [9.17, 15) is 22.4 Å². The van der Waals surface area contributed by atoms with Crippen molar-refractivity contribution in [3.63, 3.8) is 0 Å². The van der Waals surface area contributed by atoms with E-state index >= 15 is 4.39 Å². The van der Waals surface area contributed by atoms with E-state index in [0.717, 1.165) is 17.7 Å². The van der Waals surface area contributed by atoms with E-state index < -0.39 is 41.4 Å². The fourth-order valence-corrected chi connectivity index (χ4v) is 4.52. The van der Waals surface area contributed by atoms with Gasteiger partial charge in [-0.3, -0.25) is 0 Å². The molecular formula is C21H18F5NO2. The maximum Gasteiger partial charge on any atom is 0.491 e. The molecule has 0 saturated heterocycles. The van der Waals surface area contributed by atoms with E-state index in [4.69, 9.17) is 0 Å². The lowest BCUT2D eigenvalue weighted by molar-refractivity contribution is -0.192. The number of benzene rings is 1. The summed E-state index contributed by atoms with van der Waals surface area (Å²) in [6.07, 6.45) is -4.83. The first-order valence-corrected chi connectivity index (χ1v) is 9.06. The van der Waals surface area contributed by atoms with Crippen LogP contribution in [0.1, 0.15) is 44.2 Å². The number of alkyl halides is 4. The molecule has 1 heterocycles. The minimum Gasteiger partial charge on any atom is -0.419 e. The summed E-state index contributed by atoms with van der Waals surface area (Å²) < 4.78 is 72.6. The first-order chi connectivity index (χ1) is 13.4. The van der Waals surface area contributed by atoms with Gasteiger partial charge in [0.15, 0.2) is 0 Å². The molecule has 0 amide bonds. The lowest BCUT2D eigenvalue weighted by atomic mass is 9.75. The summed E-state index contributed by atoms with van der Waals surface area (Å²) in [6.45, 7) is 5.55. The van der Waals surface area contributed by atoms with Crippen molar-refractivity contribution in [1.29, 1.82) is 0 Å². The Morgan fingerprint density at radius 3 is 2.62 bits per heavy atom. The Balaban J connectivity index is 1.87. The molecule has 4 rings (SSSR count). The van der Waals surface area contributed by atoms with Gasteiger partial charge in [0.05, 0.1) is 5.54 Å². The summed E-state index contributed by atoms with van der Waals surface area (Å²) in [5, 5.41) is 3.20. The lowest BCUT2D eigenvalue weighted by Gasteiger charge is -2.39. The Labute approximate surface area is 163 Å². The predicted octanol–water partition coefficient (Wildman–Crippen LogP) is 5.06. The normalized spacial score (nSPS) is 25.0. The molecule has 154 valence electrons. The fraction of sp³-hybridized carbons (Fsp3) is 0.381. The molecule has 0 radical (unpaired) electrons. The molecule has 1 aromatic carbocycles. The van der Waals surface area contributed by atoms with Crippen molar-refractivity contribution in [1.82, 2.24) is 5.32 Å². The van der Waals surface area contributed by atoms with Crippen LogP contribution < -0.4 is 5.32 Å². The van der Waals surface area contributed by atoms with Crippen LogP contribution in [0.15, 0.2) is 46.7 Å². The van der Waals surface area contributed by atoms with E-state index in [1.54, 1.807) is 6.92 Å². The highest BCUT2D eigenvalue weighted by atomic mass is 19.4. The molecule has 0 fully saturated rings. The summed E-state index contributed by atoms with van der Waals surface area (Å²) in [5.41, 5.74) is 1.72. The number of allylic oxidation sites excluding steroid dienone is 3. The van der Waals surface area contributed by atoms with Crippen LogP contribution in [0, 0.1) is 5.82 Å². The second-order valence-corrected chi connectivity index (χ2v) is 8.10. The Morgan fingerprint density at radius 2 is 1.97 bits per heavy atom. The molecule has 3 nitrogen and oxygen atoms in total. The molecule has 1 N–H and O–H groups in total. The maximum absolute atomic E-state index is 15.7. The number of esters is 1. The molecule has 0 bridgehead atoms. The average Bonchev–Trinajstić information content (AvgIpc) is 2.86. The van der Waals surface area contributed by atoms with Crippen LogP contribution in [-0.2, 0) is 9.53 Å². The number of halogens is 5. The van der Waals surface area contributed by atoms with Crippen LogP contribution in [0.2, 0.25) is 0 Å². The van der Waals surface area contributed by atoms with Gasteiger partial charge in [-0.05, 0) is 49.6 Å². The van der Waals surface area contributed by atoms with Crippen LogP contribution in [0.3, 0.4) is 0 Å². The van der Waals surface area contributed by atoms with Crippen LogP contribution in [0.25, 0.3) is 5.76 Å². The van der Waals surface area contributed by atoms with Gasteiger partial charge in [0.2, 0.25) is 0 Å². The number of fused-ring (bicyclic) bond motifs is 3. The highest BCUT2D eigenvalue weighted by molar-refractivity contribution is 5.87. The maximum atomic E-state index is 15.7. The Kier molecular flexibility index (Phi) is 4.19. The third-order valence-corrected chi connectivity index (χ3v) is 5.42. The minimum absolute atomic E-state index is 0.0222. The molecule has 1 aliphatic heterocycles. The van der Waals surface area contributed by atoms with Gasteiger partial charge in [0.25, 0.3) is 0 Å². The molecular weight excluding hydrogens is 393 g/mol. The first kappa shape index (κ1) is 19.7. The van der Waals surface area contributed by atoms with Crippen LogP contribution in [0.4, 0.5) is 22.0 Å². The third-order valence-electron chi connectivity index (χ3n) is 5.42. The van der Waals surface area contributed by atoms with Crippen molar-refractivity contribution in [3.8, 4) is 0 Å². The van der Waals surface area contributed by atoms with E-state index in [-0.39, 0.29) is 17.6 Å². The van der Waals surface area contributed by atoms with Crippen LogP contribution in [-0.4, -0.2) is 23.9 Å². The molecule has 1 aromatic rings. The second-order valence-electron chi connectivity index (χ2n) is 8.10. The first-order valence-electron chi connectivity index (χ1n) is 9.06. The quantitative estimate of drug-likeness (QED) is 0.518. The number of carbonyl (C=O) groups excluding carboxylic acids is 1. The van der Waals surface area contributed by atoms with Crippen molar-refractivity contribution in [2.75, 3.05) is 0 Å². The third kappa shape index (κ3) is 3.14. The van der Waals surface area contributed by atoms with Gasteiger partial charge in [0.1, 0.15) is 17.7 Å². The van der Waals surface area contributed by atoms with E-state index in [2.05, 4.69) is 10.1 Å². The fourth-order valence-electron chi connectivity index (χ4n) is 4.52. The van der Waals surface area contributed by atoms with Crippen LogP contribution in [0.5, 0.6) is 0 Å². The van der Waals surface area contributed by atoms with Crippen molar-refractivity contribution in [3.05, 3.63) is 63.6 Å². The van der Waals surface area contributed by atoms with Gasteiger partial charge in [-0.2, -0.15) is 13.2 Å². The summed E-state index contributed by atoms with van der Waals surface area (Å²) >= 11 is 0. The summed E-state index contributed by atoms with van der Waals surface area (Å²) in [6, 6.07) is 3.43. The Bertz CT molecular complexity index is 1020. The van der Waals surface area contributed by atoms with E-state index in [1.165, 1.54) is 6.07 Å². The number of rotatable bonds is 1. The predicted molar refractivity (Wildman–Crippen MR) is 95.7 cm³/mol. The highest BCUT2D eigenvalue weighted by Gasteiger charge is 2.48. The molecule has 3 aliphatic rings. The van der Waals surface area contributed by atoms with Gasteiger partial charge < -0.3 is 10.1 Å². The molecule has 0 spiro atoms. The summed E-state index contributed by atoms with van der Waals surface area (Å²) in [7, 11) is 0. The van der Waals surface area contributed by atoms with Gasteiger partial charge in [0, 0.05) is 29.2 Å². The van der Waals surface area contributed by atoms with Crippen molar-refractivity contribution < 1.29 is 31.5 Å². The van der Waals surface area contributed by atoms with Gasteiger partial charge in [-0.1, -0.05) is 12.1 Å². The summed E-state index contributed by atoms with van der Waals surface area (Å²) in [5.74, 6) is -4.48. The SMILES string of the molecule is CC1=CC(C)(C)NC2=C1C(F)C1C(=C(OC(=O)C(F)(F)F)c3cc(F)ccc31)C2. The number of ether oxygens (including phenoxy) is 1. The smallest absolute Gasteiger partial charge is 0.419 e. The van der Waals surface area contributed by atoms with Crippen molar-refractivity contribution >= 4 is 11.7 Å². The van der Waals surface area contributed by atoms with Gasteiger partial charge >= 0.3 is 12.1 Å². The lowest BCUT2D eigenvalue weighted by Crippen LogP contribution is -2.43. The zero-order chi connectivity index (χ0) is 21.3. The number of hydrogen-bond donors (Lipinski definition) is 1. The zero-order valence-corrected chi connectivity index (χ0v) is 15.9. The number of nitrogens with one attached hydrogen (secondary N) is 1. The van der Waals surface area contributed by atoms with Gasteiger partial charge in [-0.15, -0.1) is 0 Å². The minimum atomic E-state index is -5.22. The topological polar surface area (TPSA) is 38.3 Å². The molecule has 8 heteroatoms. The van der Waals surface area contributed by atoms with E-state index in [1.807, 2.05) is 19.9 Å². The molecule has 0 aromatic heterocycles. The van der Waals surface area contributed by atoms with Gasteiger partial charge in [-0.25, -0.2) is 13.6 Å². The largest absolute Gasteiger partial charge is 0.491 e. The Hall–Kier alpha value is -2.64. The number of hydrogen-bond acceptors (Lipinski definition) is 3. The molecule has 0 saturated carbocycles. The molecule has 2 aliphatic carbocycles. The summed E-state index contributed by atoms with van der Waals surface area (Å²) in [4.78, 5) is 11.5. The van der Waals surface area contributed by atoms with Crippen molar-refractivity contribution in [2.45, 2.75) is 51.0 Å². The average molecular weight is 411 g/mol. The molecule has 2 atom stereocenters. The van der Waals surface area contributed by atoms with Crippen molar-refractivity contribution in [2.24, 2.45) is 0 Å². The van der Waals surface area contributed by atoms with Crippen LogP contribution >= 0.6 is 0 Å². The number of dihydropyridines is 1.